The number of piperidine rings is 1. The zero-order valence-electron chi connectivity index (χ0n) is 12.1. The highest BCUT2D eigenvalue weighted by atomic mass is 19.1. The predicted molar refractivity (Wildman–Crippen MR) is 73.6 cm³/mol. The van der Waals surface area contributed by atoms with Gasteiger partial charge in [-0.05, 0) is 31.0 Å². The van der Waals surface area contributed by atoms with Crippen molar-refractivity contribution < 1.29 is 23.5 Å². The Morgan fingerprint density at radius 1 is 1.24 bits per heavy atom. The molecule has 114 valence electrons. The molecule has 2 rings (SSSR count). The molecule has 0 atom stereocenters. The Bertz CT molecular complexity index is 538. The molecule has 0 radical (unpaired) electrons. The van der Waals surface area contributed by atoms with Gasteiger partial charge >= 0.3 is 5.97 Å². The molecule has 0 aromatic heterocycles. The van der Waals surface area contributed by atoms with Crippen LogP contribution >= 0.6 is 0 Å². The smallest absolute Gasteiger partial charge is 0.308 e. The molecule has 0 aliphatic carbocycles. The number of methoxy groups -OCH3 is 2. The van der Waals surface area contributed by atoms with Crippen LogP contribution in [0.15, 0.2) is 18.2 Å². The maximum Gasteiger partial charge on any atom is 0.308 e. The molecule has 0 saturated carbocycles. The summed E-state index contributed by atoms with van der Waals surface area (Å²) in [6.45, 7) is 0.969. The van der Waals surface area contributed by atoms with E-state index >= 15 is 0 Å². The molecule has 0 bridgehead atoms. The quantitative estimate of drug-likeness (QED) is 0.799. The highest BCUT2D eigenvalue weighted by molar-refractivity contribution is 5.94. The van der Waals surface area contributed by atoms with Gasteiger partial charge in [-0.3, -0.25) is 9.59 Å². The summed E-state index contributed by atoms with van der Waals surface area (Å²) in [5, 5.41) is 0. The van der Waals surface area contributed by atoms with Gasteiger partial charge in [-0.2, -0.15) is 0 Å². The number of carbonyl (C=O) groups excluding carboxylic acids is 2. The molecule has 5 nitrogen and oxygen atoms in total. The minimum Gasteiger partial charge on any atom is -0.494 e. The van der Waals surface area contributed by atoms with E-state index in [1.807, 2.05) is 0 Å². The number of amides is 1. The number of ether oxygens (including phenoxy) is 2. The van der Waals surface area contributed by atoms with Crippen LogP contribution in [0, 0.1) is 11.7 Å². The van der Waals surface area contributed by atoms with E-state index in [0.29, 0.717) is 31.5 Å². The standard InChI is InChI=1S/C15H18FNO4/c1-20-13-9-11(3-4-12(13)16)14(18)17-7-5-10(6-8-17)15(19)21-2/h3-4,9-10H,5-8H2,1-2H3. The number of halogens is 1. The molecular formula is C15H18FNO4. The van der Waals surface area contributed by atoms with E-state index in [-0.39, 0.29) is 23.5 Å². The third-order valence-electron chi connectivity index (χ3n) is 3.71. The Hall–Kier alpha value is -2.11. The molecule has 1 fully saturated rings. The van der Waals surface area contributed by atoms with Crippen LogP contribution in [0.2, 0.25) is 0 Å². The van der Waals surface area contributed by atoms with Crippen molar-refractivity contribution in [3.8, 4) is 5.75 Å². The first kappa shape index (κ1) is 15.3. The summed E-state index contributed by atoms with van der Waals surface area (Å²) in [4.78, 5) is 25.5. The number of rotatable bonds is 3. The summed E-state index contributed by atoms with van der Waals surface area (Å²) in [6, 6.07) is 4.05. The molecule has 1 aromatic rings. The monoisotopic (exact) mass is 295 g/mol. The van der Waals surface area contributed by atoms with Crippen LogP contribution in [-0.4, -0.2) is 44.1 Å². The van der Waals surface area contributed by atoms with Gasteiger partial charge < -0.3 is 14.4 Å². The Kier molecular flexibility index (Phi) is 4.77. The highest BCUT2D eigenvalue weighted by Crippen LogP contribution is 2.23. The number of esters is 1. The van der Waals surface area contributed by atoms with Gasteiger partial charge in [-0.1, -0.05) is 0 Å². The van der Waals surface area contributed by atoms with Crippen LogP contribution in [0.1, 0.15) is 23.2 Å². The average Bonchev–Trinajstić information content (AvgIpc) is 2.54. The second-order valence-electron chi connectivity index (χ2n) is 4.94. The number of carbonyl (C=O) groups is 2. The summed E-state index contributed by atoms with van der Waals surface area (Å²) in [7, 11) is 2.72. The van der Waals surface area contributed by atoms with E-state index in [1.165, 1.54) is 32.4 Å². The van der Waals surface area contributed by atoms with Crippen molar-refractivity contribution >= 4 is 11.9 Å². The molecule has 1 aliphatic heterocycles. The third-order valence-corrected chi connectivity index (χ3v) is 3.71. The number of hydrogen-bond donors (Lipinski definition) is 0. The molecule has 1 saturated heterocycles. The number of hydrogen-bond acceptors (Lipinski definition) is 4. The van der Waals surface area contributed by atoms with E-state index < -0.39 is 5.82 Å². The highest BCUT2D eigenvalue weighted by Gasteiger charge is 2.28. The minimum absolute atomic E-state index is 0.0466. The first-order valence-corrected chi connectivity index (χ1v) is 6.77. The van der Waals surface area contributed by atoms with Gasteiger partial charge in [-0.25, -0.2) is 4.39 Å². The van der Waals surface area contributed by atoms with Crippen molar-refractivity contribution in [2.45, 2.75) is 12.8 Å². The lowest BCUT2D eigenvalue weighted by molar-refractivity contribution is -0.146. The molecule has 1 aliphatic rings. The summed E-state index contributed by atoms with van der Waals surface area (Å²) < 4.78 is 22.9. The molecule has 0 N–H and O–H groups in total. The molecule has 1 amide bonds. The lowest BCUT2D eigenvalue weighted by Crippen LogP contribution is -2.40. The largest absolute Gasteiger partial charge is 0.494 e. The van der Waals surface area contributed by atoms with Gasteiger partial charge in [0.15, 0.2) is 11.6 Å². The Morgan fingerprint density at radius 2 is 1.90 bits per heavy atom. The Labute approximate surface area is 122 Å². The fraction of sp³-hybridized carbons (Fsp3) is 0.467. The molecule has 1 heterocycles. The van der Waals surface area contributed by atoms with Gasteiger partial charge in [0, 0.05) is 18.7 Å². The second kappa shape index (κ2) is 6.56. The van der Waals surface area contributed by atoms with Crippen LogP contribution in [0.5, 0.6) is 5.75 Å². The van der Waals surface area contributed by atoms with E-state index in [1.54, 1.807) is 4.90 Å². The van der Waals surface area contributed by atoms with E-state index in [9.17, 15) is 14.0 Å². The Balaban J connectivity index is 2.03. The fourth-order valence-corrected chi connectivity index (χ4v) is 2.46. The van der Waals surface area contributed by atoms with Gasteiger partial charge in [0.05, 0.1) is 20.1 Å². The fourth-order valence-electron chi connectivity index (χ4n) is 2.46. The summed E-state index contributed by atoms with van der Waals surface area (Å²) >= 11 is 0. The van der Waals surface area contributed by atoms with Crippen molar-refractivity contribution in [3.05, 3.63) is 29.6 Å². The first-order valence-electron chi connectivity index (χ1n) is 6.77. The van der Waals surface area contributed by atoms with Gasteiger partial charge in [0.1, 0.15) is 0 Å². The van der Waals surface area contributed by atoms with Crippen molar-refractivity contribution in [1.29, 1.82) is 0 Å². The summed E-state index contributed by atoms with van der Waals surface area (Å²) in [6.07, 6.45) is 1.16. The van der Waals surface area contributed by atoms with Crippen molar-refractivity contribution in [3.63, 3.8) is 0 Å². The van der Waals surface area contributed by atoms with E-state index in [4.69, 9.17) is 9.47 Å². The van der Waals surface area contributed by atoms with Crippen LogP contribution in [-0.2, 0) is 9.53 Å². The molecule has 21 heavy (non-hydrogen) atoms. The van der Waals surface area contributed by atoms with E-state index in [2.05, 4.69) is 0 Å². The molecule has 0 spiro atoms. The van der Waals surface area contributed by atoms with Gasteiger partial charge in [0.2, 0.25) is 0 Å². The zero-order valence-corrected chi connectivity index (χ0v) is 12.1. The van der Waals surface area contributed by atoms with Crippen molar-refractivity contribution in [2.75, 3.05) is 27.3 Å². The normalized spacial score (nSPS) is 15.7. The van der Waals surface area contributed by atoms with Crippen molar-refractivity contribution in [2.24, 2.45) is 5.92 Å². The third kappa shape index (κ3) is 3.32. The lowest BCUT2D eigenvalue weighted by Gasteiger charge is -2.30. The number of nitrogens with zero attached hydrogens (tertiary/aromatic N) is 1. The maximum atomic E-state index is 13.4. The van der Waals surface area contributed by atoms with E-state index in [0.717, 1.165) is 0 Å². The SMILES string of the molecule is COC(=O)C1CCN(C(=O)c2ccc(F)c(OC)c2)CC1. The van der Waals surface area contributed by atoms with Crippen LogP contribution in [0.4, 0.5) is 4.39 Å². The minimum atomic E-state index is -0.501. The topological polar surface area (TPSA) is 55.8 Å². The molecule has 1 aromatic carbocycles. The summed E-state index contributed by atoms with van der Waals surface area (Å²) in [5.41, 5.74) is 0.379. The van der Waals surface area contributed by atoms with Crippen LogP contribution in [0.25, 0.3) is 0 Å². The number of likely N-dealkylation sites (tertiary alicyclic amines) is 1. The maximum absolute atomic E-state index is 13.4. The van der Waals surface area contributed by atoms with Gasteiger partial charge in [-0.15, -0.1) is 0 Å². The van der Waals surface area contributed by atoms with Crippen LogP contribution < -0.4 is 4.74 Å². The molecular weight excluding hydrogens is 277 g/mol. The zero-order chi connectivity index (χ0) is 15.4. The van der Waals surface area contributed by atoms with Gasteiger partial charge in [0.25, 0.3) is 5.91 Å². The number of benzene rings is 1. The summed E-state index contributed by atoms with van der Waals surface area (Å²) in [5.74, 6) is -1.02. The molecule has 0 unspecified atom stereocenters. The van der Waals surface area contributed by atoms with Crippen molar-refractivity contribution in [1.82, 2.24) is 4.90 Å². The molecule has 6 heteroatoms. The lowest BCUT2D eigenvalue weighted by atomic mass is 9.96. The average molecular weight is 295 g/mol. The van der Waals surface area contributed by atoms with Crippen LogP contribution in [0.3, 0.4) is 0 Å². The Morgan fingerprint density at radius 3 is 2.48 bits per heavy atom. The first-order chi connectivity index (χ1) is 10.1. The second-order valence-corrected chi connectivity index (χ2v) is 4.94. The predicted octanol–water partition coefficient (Wildman–Crippen LogP) is 1.86.